The van der Waals surface area contributed by atoms with Gasteiger partial charge in [0.15, 0.2) is 5.96 Å². The van der Waals surface area contributed by atoms with E-state index in [-0.39, 0.29) is 24.0 Å². The highest BCUT2D eigenvalue weighted by Gasteiger charge is 2.41. The quantitative estimate of drug-likeness (QED) is 0.405. The molecule has 0 aromatic heterocycles. The molecule has 3 unspecified atom stereocenters. The second-order valence-corrected chi connectivity index (χ2v) is 7.06. The summed E-state index contributed by atoms with van der Waals surface area (Å²) >= 11 is 0. The maximum Gasteiger partial charge on any atom is 0.191 e. The first-order chi connectivity index (χ1) is 11.8. The van der Waals surface area contributed by atoms with Crippen molar-refractivity contribution in [3.8, 4) is 5.75 Å². The molecule has 2 aliphatic heterocycles. The average Bonchev–Trinajstić information content (AvgIpc) is 3.18. The lowest BCUT2D eigenvalue weighted by molar-refractivity contribution is 0.0992. The fourth-order valence-corrected chi connectivity index (χ4v) is 3.77. The summed E-state index contributed by atoms with van der Waals surface area (Å²) in [5.74, 6) is 1.84. The van der Waals surface area contributed by atoms with Crippen LogP contribution >= 0.6 is 24.0 Å². The van der Waals surface area contributed by atoms with Gasteiger partial charge < -0.3 is 20.1 Å². The number of nitrogens with zero attached hydrogens (tertiary/aromatic N) is 1. The minimum atomic E-state index is 0. The molecule has 1 aromatic rings. The van der Waals surface area contributed by atoms with E-state index in [0.717, 1.165) is 24.6 Å². The van der Waals surface area contributed by atoms with E-state index in [1.807, 2.05) is 13.1 Å². The Kier molecular flexibility index (Phi) is 6.44. The summed E-state index contributed by atoms with van der Waals surface area (Å²) < 4.78 is 12.0. The van der Waals surface area contributed by atoms with Gasteiger partial charge in [0.05, 0.1) is 24.4 Å². The van der Waals surface area contributed by atoms with Crippen LogP contribution in [0.2, 0.25) is 0 Å². The number of aliphatic imine (C=N–C) groups is 1. The van der Waals surface area contributed by atoms with Crippen molar-refractivity contribution >= 4 is 29.9 Å². The molecule has 25 heavy (non-hydrogen) atoms. The van der Waals surface area contributed by atoms with Gasteiger partial charge in [-0.15, -0.1) is 24.0 Å². The third-order valence-electron chi connectivity index (χ3n) is 5.42. The highest BCUT2D eigenvalue weighted by molar-refractivity contribution is 14.0. The first kappa shape index (κ1) is 18.8. The van der Waals surface area contributed by atoms with Crippen LogP contribution in [-0.2, 0) is 11.3 Å². The van der Waals surface area contributed by atoms with Crippen LogP contribution in [0.3, 0.4) is 0 Å². The molecule has 6 heteroatoms. The Bertz CT molecular complexity index is 606. The van der Waals surface area contributed by atoms with Crippen LogP contribution in [0.25, 0.3) is 0 Å². The molecular weight excluding hydrogens is 429 g/mol. The number of hydrogen-bond acceptors (Lipinski definition) is 3. The molecule has 2 bridgehead atoms. The number of para-hydroxylation sites is 1. The molecule has 0 spiro atoms. The summed E-state index contributed by atoms with van der Waals surface area (Å²) in [5.41, 5.74) is 1.18. The molecule has 3 aliphatic rings. The second-order valence-electron chi connectivity index (χ2n) is 7.06. The maximum absolute atomic E-state index is 6.10. The Labute approximate surface area is 167 Å². The molecule has 0 radical (unpaired) electrons. The molecule has 2 saturated heterocycles. The summed E-state index contributed by atoms with van der Waals surface area (Å²) in [6, 6.07) is 8.67. The van der Waals surface area contributed by atoms with E-state index in [1.165, 1.54) is 31.2 Å². The fraction of sp³-hybridized carbons (Fsp3) is 0.632. The molecule has 4 rings (SSSR count). The number of rotatable bonds is 5. The van der Waals surface area contributed by atoms with Crippen molar-refractivity contribution in [2.45, 2.75) is 69.4 Å². The third-order valence-corrected chi connectivity index (χ3v) is 5.42. The largest absolute Gasteiger partial charge is 0.490 e. The summed E-state index contributed by atoms with van der Waals surface area (Å²) in [4.78, 5) is 4.37. The minimum Gasteiger partial charge on any atom is -0.490 e. The Morgan fingerprint density at radius 3 is 2.72 bits per heavy atom. The molecule has 1 aliphatic carbocycles. The normalized spacial score (nSPS) is 28.2. The van der Waals surface area contributed by atoms with Crippen LogP contribution in [0.4, 0.5) is 0 Å². The van der Waals surface area contributed by atoms with Crippen molar-refractivity contribution in [3.05, 3.63) is 29.8 Å². The van der Waals surface area contributed by atoms with Gasteiger partial charge in [0.25, 0.3) is 0 Å². The summed E-state index contributed by atoms with van der Waals surface area (Å²) in [6.45, 7) is 0.713. The van der Waals surface area contributed by atoms with E-state index in [1.54, 1.807) is 0 Å². The lowest BCUT2D eigenvalue weighted by Crippen LogP contribution is -2.47. The number of fused-ring (bicyclic) bond motifs is 2. The zero-order valence-electron chi connectivity index (χ0n) is 14.7. The molecular formula is C19H28IN3O2. The van der Waals surface area contributed by atoms with Gasteiger partial charge in [0.2, 0.25) is 0 Å². The van der Waals surface area contributed by atoms with Gasteiger partial charge in [0, 0.05) is 19.2 Å². The van der Waals surface area contributed by atoms with Crippen molar-refractivity contribution in [1.29, 1.82) is 0 Å². The van der Waals surface area contributed by atoms with E-state index in [2.05, 4.69) is 33.8 Å². The lowest BCUT2D eigenvalue weighted by Gasteiger charge is -2.28. The van der Waals surface area contributed by atoms with Gasteiger partial charge in [-0.2, -0.15) is 0 Å². The molecule has 2 heterocycles. The van der Waals surface area contributed by atoms with Gasteiger partial charge in [-0.05, 0) is 44.6 Å². The van der Waals surface area contributed by atoms with Gasteiger partial charge in [0.1, 0.15) is 5.75 Å². The van der Waals surface area contributed by atoms with Crippen LogP contribution < -0.4 is 15.4 Å². The molecule has 5 nitrogen and oxygen atoms in total. The van der Waals surface area contributed by atoms with Crippen LogP contribution in [0.5, 0.6) is 5.75 Å². The van der Waals surface area contributed by atoms with Crippen LogP contribution in [-0.4, -0.2) is 37.4 Å². The first-order valence-electron chi connectivity index (χ1n) is 9.19. The number of ether oxygens (including phenoxy) is 2. The van der Waals surface area contributed by atoms with Gasteiger partial charge >= 0.3 is 0 Å². The van der Waals surface area contributed by atoms with E-state index in [4.69, 9.17) is 9.47 Å². The predicted molar refractivity (Wildman–Crippen MR) is 110 cm³/mol. The monoisotopic (exact) mass is 457 g/mol. The number of nitrogens with one attached hydrogen (secondary N) is 2. The zero-order chi connectivity index (χ0) is 16.4. The molecule has 2 N–H and O–H groups in total. The van der Waals surface area contributed by atoms with Crippen molar-refractivity contribution in [3.63, 3.8) is 0 Å². The fourth-order valence-electron chi connectivity index (χ4n) is 3.77. The van der Waals surface area contributed by atoms with Crippen LogP contribution in [0.15, 0.2) is 29.3 Å². The predicted octanol–water partition coefficient (Wildman–Crippen LogP) is 3.22. The van der Waals surface area contributed by atoms with Crippen molar-refractivity contribution < 1.29 is 9.47 Å². The highest BCUT2D eigenvalue weighted by atomic mass is 127. The summed E-state index contributed by atoms with van der Waals surface area (Å²) in [5, 5.41) is 6.95. The Morgan fingerprint density at radius 2 is 2.08 bits per heavy atom. The molecule has 1 aromatic carbocycles. The molecule has 3 atom stereocenters. The number of guanidine groups is 1. The Morgan fingerprint density at radius 1 is 1.24 bits per heavy atom. The van der Waals surface area contributed by atoms with Gasteiger partial charge in [-0.1, -0.05) is 18.2 Å². The second kappa shape index (κ2) is 8.58. The molecule has 0 amide bonds. The number of halogens is 1. The van der Waals surface area contributed by atoms with Crippen LogP contribution in [0, 0.1) is 0 Å². The van der Waals surface area contributed by atoms with Crippen molar-refractivity contribution in [1.82, 2.24) is 10.6 Å². The van der Waals surface area contributed by atoms with E-state index in [9.17, 15) is 0 Å². The Hall–Kier alpha value is -1.02. The van der Waals surface area contributed by atoms with Crippen LogP contribution in [0.1, 0.15) is 44.1 Å². The number of benzene rings is 1. The molecule has 138 valence electrons. The highest BCUT2D eigenvalue weighted by Crippen LogP contribution is 2.34. The van der Waals surface area contributed by atoms with Crippen molar-refractivity contribution in [2.75, 3.05) is 7.05 Å². The maximum atomic E-state index is 6.10. The smallest absolute Gasteiger partial charge is 0.191 e. The lowest BCUT2D eigenvalue weighted by atomic mass is 9.96. The first-order valence-corrected chi connectivity index (χ1v) is 9.19. The van der Waals surface area contributed by atoms with Crippen molar-refractivity contribution in [2.24, 2.45) is 4.99 Å². The Balaban J connectivity index is 0.00000182. The summed E-state index contributed by atoms with van der Waals surface area (Å²) in [7, 11) is 1.82. The van der Waals surface area contributed by atoms with Gasteiger partial charge in [-0.25, -0.2) is 0 Å². The van der Waals surface area contributed by atoms with Gasteiger partial charge in [-0.3, -0.25) is 4.99 Å². The standard InChI is InChI=1S/C19H27N3O2.HI/c1-20-19(22-16-11-15-9-10-18(16)24-15)21-12-13-5-2-3-8-17(13)23-14-6-4-7-14;/h2-3,5,8,14-16,18H,4,6-7,9-12H2,1H3,(H2,20,21,22);1H. The minimum absolute atomic E-state index is 0. The summed E-state index contributed by atoms with van der Waals surface area (Å²) in [6.07, 6.45) is 8.29. The zero-order valence-corrected chi connectivity index (χ0v) is 17.1. The van der Waals surface area contributed by atoms with E-state index >= 15 is 0 Å². The van der Waals surface area contributed by atoms with E-state index in [0.29, 0.717) is 30.9 Å². The topological polar surface area (TPSA) is 54.9 Å². The third kappa shape index (κ3) is 4.39. The SMILES string of the molecule is CN=C(NCc1ccccc1OC1CCC1)NC1CC2CCC1O2.I. The van der Waals surface area contributed by atoms with E-state index < -0.39 is 0 Å². The molecule has 1 saturated carbocycles. The molecule has 3 fully saturated rings. The number of hydrogen-bond donors (Lipinski definition) is 2. The average molecular weight is 457 g/mol.